The van der Waals surface area contributed by atoms with Crippen LogP contribution >= 0.6 is 0 Å². The Bertz CT molecular complexity index is 441. The van der Waals surface area contributed by atoms with Crippen LogP contribution in [-0.2, 0) is 11.3 Å². The molecule has 1 aromatic heterocycles. The summed E-state index contributed by atoms with van der Waals surface area (Å²) >= 11 is 0. The molecule has 3 N–H and O–H groups in total. The summed E-state index contributed by atoms with van der Waals surface area (Å²) in [7, 11) is 0. The Morgan fingerprint density at radius 2 is 2.62 bits per heavy atom. The van der Waals surface area contributed by atoms with Gasteiger partial charge in [0.15, 0.2) is 0 Å². The molecule has 3 atom stereocenters. The number of imidazole rings is 1. The van der Waals surface area contributed by atoms with E-state index in [9.17, 15) is 4.79 Å². The maximum atomic E-state index is 11.1. The zero-order chi connectivity index (χ0) is 11.3. The van der Waals surface area contributed by atoms with Crippen molar-refractivity contribution in [3.05, 3.63) is 18.2 Å². The fraction of sp³-hybridized carbons (Fsp3) is 0.636. The molecule has 16 heavy (non-hydrogen) atoms. The SMILES string of the molecule is Cc1cn(CC23CC2CC(C(N)=O)N3)cn1. The normalized spacial score (nSPS) is 36.1. The molecule has 5 nitrogen and oxygen atoms in total. The molecule has 0 aromatic carbocycles. The number of hydrogen-bond donors (Lipinski definition) is 2. The van der Waals surface area contributed by atoms with Crippen LogP contribution in [0.1, 0.15) is 18.5 Å². The number of nitrogens with zero attached hydrogens (tertiary/aromatic N) is 2. The maximum absolute atomic E-state index is 11.1. The summed E-state index contributed by atoms with van der Waals surface area (Å²) in [5.41, 5.74) is 6.45. The molecule has 1 saturated carbocycles. The van der Waals surface area contributed by atoms with Crippen LogP contribution in [0.2, 0.25) is 0 Å². The third kappa shape index (κ3) is 1.43. The molecule has 86 valence electrons. The summed E-state index contributed by atoms with van der Waals surface area (Å²) in [4.78, 5) is 15.3. The van der Waals surface area contributed by atoms with E-state index < -0.39 is 0 Å². The van der Waals surface area contributed by atoms with Gasteiger partial charge in [-0.1, -0.05) is 0 Å². The molecular weight excluding hydrogens is 204 g/mol. The molecule has 1 aliphatic heterocycles. The lowest BCUT2D eigenvalue weighted by Gasteiger charge is -2.17. The minimum Gasteiger partial charge on any atom is -0.368 e. The van der Waals surface area contributed by atoms with Gasteiger partial charge in [0.1, 0.15) is 0 Å². The van der Waals surface area contributed by atoms with E-state index in [-0.39, 0.29) is 17.5 Å². The minimum absolute atomic E-state index is 0.104. The molecule has 3 unspecified atom stereocenters. The minimum atomic E-state index is -0.228. The van der Waals surface area contributed by atoms with E-state index >= 15 is 0 Å². The highest BCUT2D eigenvalue weighted by molar-refractivity contribution is 5.80. The lowest BCUT2D eigenvalue weighted by molar-refractivity contribution is -0.120. The topological polar surface area (TPSA) is 72.9 Å². The molecule has 0 bridgehead atoms. The van der Waals surface area contributed by atoms with Crippen molar-refractivity contribution < 1.29 is 4.79 Å². The van der Waals surface area contributed by atoms with Crippen LogP contribution in [0.25, 0.3) is 0 Å². The van der Waals surface area contributed by atoms with Crippen LogP contribution in [0.4, 0.5) is 0 Å². The molecule has 1 amide bonds. The number of carbonyl (C=O) groups is 1. The second-order valence-electron chi connectivity index (χ2n) is 5.08. The Kier molecular flexibility index (Phi) is 1.89. The van der Waals surface area contributed by atoms with E-state index in [0.29, 0.717) is 5.92 Å². The van der Waals surface area contributed by atoms with Gasteiger partial charge in [-0.3, -0.25) is 10.1 Å². The number of carbonyl (C=O) groups excluding carboxylic acids is 1. The first kappa shape index (κ1) is 9.84. The van der Waals surface area contributed by atoms with Crippen molar-refractivity contribution >= 4 is 5.91 Å². The Labute approximate surface area is 94.0 Å². The molecule has 0 spiro atoms. The molecule has 1 saturated heterocycles. The molecule has 3 rings (SSSR count). The molecule has 2 heterocycles. The number of hydrogen-bond acceptors (Lipinski definition) is 3. The Morgan fingerprint density at radius 1 is 1.81 bits per heavy atom. The van der Waals surface area contributed by atoms with E-state index in [1.54, 1.807) is 0 Å². The summed E-state index contributed by atoms with van der Waals surface area (Å²) in [5, 5.41) is 3.38. The predicted octanol–water partition coefficient (Wildman–Crippen LogP) is -0.203. The van der Waals surface area contributed by atoms with Crippen LogP contribution in [0, 0.1) is 12.8 Å². The summed E-state index contributed by atoms with van der Waals surface area (Å²) in [6.45, 7) is 2.87. The number of primary amides is 1. The lowest BCUT2D eigenvalue weighted by atomic mass is 10.2. The van der Waals surface area contributed by atoms with Crippen LogP contribution in [0.5, 0.6) is 0 Å². The van der Waals surface area contributed by atoms with Gasteiger partial charge in [0.25, 0.3) is 0 Å². The number of nitrogens with two attached hydrogens (primary N) is 1. The number of piperidine rings is 1. The molecule has 0 radical (unpaired) electrons. The Balaban J connectivity index is 1.71. The van der Waals surface area contributed by atoms with E-state index in [0.717, 1.165) is 25.1 Å². The summed E-state index contributed by atoms with van der Waals surface area (Å²) < 4.78 is 2.09. The van der Waals surface area contributed by atoms with Crippen LogP contribution in [-0.4, -0.2) is 27.0 Å². The summed E-state index contributed by atoms with van der Waals surface area (Å²) in [5.74, 6) is 0.376. The van der Waals surface area contributed by atoms with Crippen LogP contribution in [0.15, 0.2) is 12.5 Å². The number of fused-ring (bicyclic) bond motifs is 1. The van der Waals surface area contributed by atoms with Crippen molar-refractivity contribution in [2.75, 3.05) is 0 Å². The number of aryl methyl sites for hydroxylation is 1. The van der Waals surface area contributed by atoms with Crippen LogP contribution < -0.4 is 11.1 Å². The van der Waals surface area contributed by atoms with E-state index in [2.05, 4.69) is 14.9 Å². The Morgan fingerprint density at radius 3 is 3.19 bits per heavy atom. The van der Waals surface area contributed by atoms with Crippen molar-refractivity contribution in [3.8, 4) is 0 Å². The number of nitrogens with one attached hydrogen (secondary N) is 1. The van der Waals surface area contributed by atoms with E-state index in [1.165, 1.54) is 0 Å². The van der Waals surface area contributed by atoms with Crippen molar-refractivity contribution in [1.29, 1.82) is 0 Å². The van der Waals surface area contributed by atoms with Crippen molar-refractivity contribution in [3.63, 3.8) is 0 Å². The predicted molar refractivity (Wildman–Crippen MR) is 58.5 cm³/mol. The first-order chi connectivity index (χ1) is 7.59. The van der Waals surface area contributed by atoms with Crippen molar-refractivity contribution in [2.45, 2.75) is 37.9 Å². The second-order valence-corrected chi connectivity index (χ2v) is 5.08. The summed E-state index contributed by atoms with van der Waals surface area (Å²) in [6, 6.07) is -0.136. The lowest BCUT2D eigenvalue weighted by Crippen LogP contribution is -2.45. The van der Waals surface area contributed by atoms with Gasteiger partial charge in [0.2, 0.25) is 5.91 Å². The molecule has 5 heteroatoms. The van der Waals surface area contributed by atoms with Gasteiger partial charge in [-0.2, -0.15) is 0 Å². The average molecular weight is 220 g/mol. The first-order valence-electron chi connectivity index (χ1n) is 5.64. The zero-order valence-corrected chi connectivity index (χ0v) is 9.31. The second kappa shape index (κ2) is 3.07. The zero-order valence-electron chi connectivity index (χ0n) is 9.31. The third-order valence-electron chi connectivity index (χ3n) is 3.78. The van der Waals surface area contributed by atoms with Gasteiger partial charge in [0.05, 0.1) is 18.1 Å². The number of aromatic nitrogens is 2. The van der Waals surface area contributed by atoms with Crippen molar-refractivity contribution in [2.24, 2.45) is 11.7 Å². The molecule has 1 aliphatic carbocycles. The van der Waals surface area contributed by atoms with Crippen LogP contribution in [0.3, 0.4) is 0 Å². The molecule has 2 fully saturated rings. The fourth-order valence-electron chi connectivity index (χ4n) is 2.87. The average Bonchev–Trinajstić information content (AvgIpc) is 2.58. The highest BCUT2D eigenvalue weighted by Gasteiger charge is 2.61. The standard InChI is InChI=1S/C11H16N4O/c1-7-4-15(6-13-7)5-11-3-8(11)2-9(14-11)10(12)16/h4,6,8-9,14H,2-3,5H2,1H3,(H2,12,16). The quantitative estimate of drug-likeness (QED) is 0.740. The Hall–Kier alpha value is -1.36. The molecular formula is C11H16N4O. The van der Waals surface area contributed by atoms with Gasteiger partial charge in [-0.05, 0) is 25.7 Å². The fourth-order valence-corrected chi connectivity index (χ4v) is 2.87. The monoisotopic (exact) mass is 220 g/mol. The maximum Gasteiger partial charge on any atom is 0.234 e. The highest BCUT2D eigenvalue weighted by Crippen LogP contribution is 2.52. The summed E-state index contributed by atoms with van der Waals surface area (Å²) in [6.07, 6.45) is 5.92. The largest absolute Gasteiger partial charge is 0.368 e. The van der Waals surface area contributed by atoms with Crippen molar-refractivity contribution in [1.82, 2.24) is 14.9 Å². The molecule has 1 aromatic rings. The third-order valence-corrected chi connectivity index (χ3v) is 3.78. The van der Waals surface area contributed by atoms with Gasteiger partial charge < -0.3 is 10.3 Å². The van der Waals surface area contributed by atoms with Gasteiger partial charge in [-0.25, -0.2) is 4.98 Å². The number of rotatable bonds is 3. The van der Waals surface area contributed by atoms with Gasteiger partial charge >= 0.3 is 0 Å². The first-order valence-corrected chi connectivity index (χ1v) is 5.64. The van der Waals surface area contributed by atoms with Gasteiger partial charge in [-0.15, -0.1) is 0 Å². The van der Waals surface area contributed by atoms with E-state index in [4.69, 9.17) is 5.73 Å². The van der Waals surface area contributed by atoms with Gasteiger partial charge in [0, 0.05) is 18.3 Å². The number of amides is 1. The highest BCUT2D eigenvalue weighted by atomic mass is 16.1. The van der Waals surface area contributed by atoms with E-state index in [1.807, 2.05) is 19.4 Å². The smallest absolute Gasteiger partial charge is 0.234 e. The molecule has 2 aliphatic rings.